The van der Waals surface area contributed by atoms with Gasteiger partial charge in [0.2, 0.25) is 0 Å². The van der Waals surface area contributed by atoms with Gasteiger partial charge in [0.1, 0.15) is 12.5 Å². The molecule has 0 fully saturated rings. The van der Waals surface area contributed by atoms with Crippen molar-refractivity contribution < 1.29 is 0 Å². The molecule has 0 bridgehead atoms. The fourth-order valence-electron chi connectivity index (χ4n) is 2.07. The van der Waals surface area contributed by atoms with Crippen LogP contribution in [-0.4, -0.2) is 28.0 Å². The van der Waals surface area contributed by atoms with E-state index in [1.54, 1.807) is 0 Å². The Hall–Kier alpha value is -0.250. The summed E-state index contributed by atoms with van der Waals surface area (Å²) in [6, 6.07) is 0. The third kappa shape index (κ3) is 3.65. The van der Waals surface area contributed by atoms with Crippen LogP contribution in [0.4, 0.5) is 0 Å². The number of nitrogens with zero attached hydrogens (tertiary/aromatic N) is 3. The maximum atomic E-state index is 4.45. The molecule has 0 amide bonds. The van der Waals surface area contributed by atoms with E-state index in [-0.39, 0.29) is 5.41 Å². The minimum atomic E-state index is 0.199. The van der Waals surface area contributed by atoms with Crippen LogP contribution in [0.5, 0.6) is 0 Å². The maximum absolute atomic E-state index is 4.45. The van der Waals surface area contributed by atoms with E-state index in [4.69, 9.17) is 0 Å². The van der Waals surface area contributed by atoms with Crippen LogP contribution in [0.3, 0.4) is 0 Å². The summed E-state index contributed by atoms with van der Waals surface area (Å²) in [6.07, 6.45) is 7.36. The molecular weight excluding hydrogens is 266 g/mol. The summed E-state index contributed by atoms with van der Waals surface area (Å²) in [7, 11) is 0. The van der Waals surface area contributed by atoms with Gasteiger partial charge in [-0.1, -0.05) is 47.0 Å². The van der Waals surface area contributed by atoms with Gasteiger partial charge in [0.05, 0.1) is 16.1 Å². The van der Waals surface area contributed by atoms with Crippen LogP contribution in [0.25, 0.3) is 0 Å². The van der Waals surface area contributed by atoms with Gasteiger partial charge in [0, 0.05) is 12.0 Å². The third-order valence-corrected chi connectivity index (χ3v) is 3.41. The zero-order valence-corrected chi connectivity index (χ0v) is 12.5. The second-order valence-electron chi connectivity index (χ2n) is 5.54. The van der Waals surface area contributed by atoms with Crippen LogP contribution in [0.2, 0.25) is 0 Å². The molecule has 16 heavy (non-hydrogen) atoms. The van der Waals surface area contributed by atoms with Crippen LogP contribution in [0.15, 0.2) is 5.10 Å². The van der Waals surface area contributed by atoms with Crippen LogP contribution >= 0.6 is 16.1 Å². The van der Waals surface area contributed by atoms with Crippen molar-refractivity contribution in [2.24, 2.45) is 10.5 Å². The molecule has 1 aliphatic heterocycles. The van der Waals surface area contributed by atoms with Gasteiger partial charge in [-0.2, -0.15) is 5.10 Å². The lowest BCUT2D eigenvalue weighted by molar-refractivity contribution is 0.0760. The highest BCUT2D eigenvalue weighted by atomic mass is 79.9. The smallest absolute Gasteiger partial charge is 0.134 e. The molecule has 0 radical (unpaired) electrons. The van der Waals surface area contributed by atoms with E-state index in [1.165, 1.54) is 25.7 Å². The first-order valence-electron chi connectivity index (χ1n) is 6.21. The number of hydrazone groups is 1. The van der Waals surface area contributed by atoms with Gasteiger partial charge in [0.15, 0.2) is 0 Å². The average molecular weight is 290 g/mol. The Kier molecular flexibility index (Phi) is 5.09. The fourth-order valence-corrected chi connectivity index (χ4v) is 2.97. The lowest BCUT2D eigenvalue weighted by atomic mass is 9.92. The molecule has 1 atom stereocenters. The van der Waals surface area contributed by atoms with E-state index >= 15 is 0 Å². The molecule has 3 nitrogen and oxygen atoms in total. The Morgan fingerprint density at radius 1 is 1.25 bits per heavy atom. The molecule has 0 saturated heterocycles. The second-order valence-corrected chi connectivity index (χ2v) is 6.36. The van der Waals surface area contributed by atoms with Crippen molar-refractivity contribution in [3.05, 3.63) is 0 Å². The summed E-state index contributed by atoms with van der Waals surface area (Å²) >= 11 is 3.55. The first-order valence-corrected chi connectivity index (χ1v) is 6.92. The SMILES string of the molecule is CCCCCCN1N=CN(Br)C1C(C)(C)C. The molecule has 0 aromatic carbocycles. The second kappa shape index (κ2) is 5.89. The lowest BCUT2D eigenvalue weighted by Crippen LogP contribution is -2.45. The van der Waals surface area contributed by atoms with Gasteiger partial charge in [-0.05, 0) is 6.42 Å². The van der Waals surface area contributed by atoms with Gasteiger partial charge in [-0.25, -0.2) is 0 Å². The summed E-state index contributed by atoms with van der Waals surface area (Å²) in [5, 5.41) is 6.65. The zero-order chi connectivity index (χ0) is 12.2. The van der Waals surface area contributed by atoms with Crippen molar-refractivity contribution >= 4 is 22.5 Å². The van der Waals surface area contributed by atoms with Crippen molar-refractivity contribution in [2.75, 3.05) is 6.54 Å². The molecule has 0 spiro atoms. The molecule has 1 aliphatic rings. The Morgan fingerprint density at radius 2 is 1.94 bits per heavy atom. The molecule has 1 unspecified atom stereocenters. The van der Waals surface area contributed by atoms with E-state index in [0.29, 0.717) is 6.17 Å². The Balaban J connectivity index is 2.43. The van der Waals surface area contributed by atoms with Crippen LogP contribution in [0.1, 0.15) is 53.4 Å². The highest BCUT2D eigenvalue weighted by Crippen LogP contribution is 2.32. The van der Waals surface area contributed by atoms with Gasteiger partial charge >= 0.3 is 0 Å². The number of halogens is 1. The molecule has 1 rings (SSSR count). The van der Waals surface area contributed by atoms with E-state index in [2.05, 4.69) is 54.0 Å². The first-order chi connectivity index (χ1) is 7.46. The predicted octanol–water partition coefficient (Wildman–Crippen LogP) is 3.81. The quantitative estimate of drug-likeness (QED) is 0.566. The third-order valence-electron chi connectivity index (χ3n) is 2.84. The summed E-state index contributed by atoms with van der Waals surface area (Å²) in [5.41, 5.74) is 0.199. The summed E-state index contributed by atoms with van der Waals surface area (Å²) in [4.78, 5) is 0. The van der Waals surface area contributed by atoms with E-state index in [0.717, 1.165) is 6.54 Å². The van der Waals surface area contributed by atoms with Gasteiger partial charge in [0.25, 0.3) is 0 Å². The Labute approximate surface area is 108 Å². The molecule has 94 valence electrons. The predicted molar refractivity (Wildman–Crippen MR) is 73.3 cm³/mol. The van der Waals surface area contributed by atoms with Crippen molar-refractivity contribution in [1.29, 1.82) is 0 Å². The number of hydrogen-bond acceptors (Lipinski definition) is 3. The molecule has 0 aromatic heterocycles. The number of rotatable bonds is 5. The van der Waals surface area contributed by atoms with E-state index in [9.17, 15) is 0 Å². The average Bonchev–Trinajstić information content (AvgIpc) is 2.54. The van der Waals surface area contributed by atoms with Crippen molar-refractivity contribution in [3.63, 3.8) is 0 Å². The van der Waals surface area contributed by atoms with Crippen LogP contribution < -0.4 is 0 Å². The first kappa shape index (κ1) is 13.8. The highest BCUT2D eigenvalue weighted by Gasteiger charge is 2.36. The van der Waals surface area contributed by atoms with E-state index in [1.807, 2.05) is 10.3 Å². The van der Waals surface area contributed by atoms with Gasteiger partial charge in [-0.15, -0.1) is 0 Å². The lowest BCUT2D eigenvalue weighted by Gasteiger charge is -2.36. The van der Waals surface area contributed by atoms with Crippen LogP contribution in [-0.2, 0) is 0 Å². The number of unbranched alkanes of at least 4 members (excludes halogenated alkanes) is 3. The summed E-state index contributed by atoms with van der Waals surface area (Å²) < 4.78 is 2.03. The van der Waals surface area contributed by atoms with Gasteiger partial charge in [-0.3, -0.25) is 8.93 Å². The minimum Gasteiger partial charge on any atom is -0.274 e. The maximum Gasteiger partial charge on any atom is 0.134 e. The normalized spacial score (nSPS) is 20.9. The zero-order valence-electron chi connectivity index (χ0n) is 10.9. The molecule has 0 aromatic rings. The Morgan fingerprint density at radius 3 is 2.50 bits per heavy atom. The molecular formula is C12H24BrN3. The highest BCUT2D eigenvalue weighted by molar-refractivity contribution is 9.07. The van der Waals surface area contributed by atoms with Crippen molar-refractivity contribution in [3.8, 4) is 0 Å². The van der Waals surface area contributed by atoms with E-state index < -0.39 is 0 Å². The largest absolute Gasteiger partial charge is 0.274 e. The monoisotopic (exact) mass is 289 g/mol. The Bertz CT molecular complexity index is 235. The van der Waals surface area contributed by atoms with Crippen molar-refractivity contribution in [1.82, 2.24) is 8.93 Å². The van der Waals surface area contributed by atoms with Crippen molar-refractivity contribution in [2.45, 2.75) is 59.5 Å². The molecule has 4 heteroatoms. The summed E-state index contributed by atoms with van der Waals surface area (Å²) in [6.45, 7) is 10.0. The molecule has 0 N–H and O–H groups in total. The van der Waals surface area contributed by atoms with Gasteiger partial charge < -0.3 is 0 Å². The molecule has 1 heterocycles. The van der Waals surface area contributed by atoms with Crippen LogP contribution in [0, 0.1) is 5.41 Å². The fraction of sp³-hybridized carbons (Fsp3) is 0.917. The number of hydrogen-bond donors (Lipinski definition) is 0. The minimum absolute atomic E-state index is 0.199. The topological polar surface area (TPSA) is 18.8 Å². The molecule has 0 aliphatic carbocycles. The standard InChI is InChI=1S/C12H24BrN3/c1-5-6-7-8-9-16-11(12(2,3)4)15(13)10-14-16/h10-11H,5-9H2,1-4H3. The summed E-state index contributed by atoms with van der Waals surface area (Å²) in [5.74, 6) is 0. The molecule has 0 saturated carbocycles.